The molecule has 0 amide bonds. The van der Waals surface area contributed by atoms with Crippen LogP contribution in [0.25, 0.3) is 0 Å². The molecular formula is C11H13F3O. The van der Waals surface area contributed by atoms with Crippen molar-refractivity contribution in [2.45, 2.75) is 26.9 Å². The number of rotatable bonds is 3. The third-order valence-corrected chi connectivity index (χ3v) is 2.41. The van der Waals surface area contributed by atoms with Crippen LogP contribution in [0.4, 0.5) is 13.2 Å². The number of methoxy groups -OCH3 is 1. The Morgan fingerprint density at radius 2 is 1.60 bits per heavy atom. The third kappa shape index (κ3) is 2.00. The van der Waals surface area contributed by atoms with E-state index < -0.39 is 17.5 Å². The standard InChI is InChI=1S/C11H13F3O/c1-4-7-6(2)9(12)11(14)8(5-15-3)10(7)13/h4-5H2,1-3H3. The van der Waals surface area contributed by atoms with Crippen molar-refractivity contribution in [1.29, 1.82) is 0 Å². The fourth-order valence-electron chi connectivity index (χ4n) is 1.56. The molecule has 15 heavy (non-hydrogen) atoms. The van der Waals surface area contributed by atoms with Crippen molar-refractivity contribution in [3.63, 3.8) is 0 Å². The summed E-state index contributed by atoms with van der Waals surface area (Å²) in [5.74, 6) is -2.83. The minimum atomic E-state index is -1.15. The monoisotopic (exact) mass is 218 g/mol. The van der Waals surface area contributed by atoms with E-state index in [1.54, 1.807) is 6.92 Å². The predicted octanol–water partition coefficient (Wildman–Crippen LogP) is 3.12. The van der Waals surface area contributed by atoms with Crippen molar-refractivity contribution in [1.82, 2.24) is 0 Å². The number of hydrogen-bond donors (Lipinski definition) is 0. The van der Waals surface area contributed by atoms with Crippen LogP contribution in [0.15, 0.2) is 0 Å². The van der Waals surface area contributed by atoms with Gasteiger partial charge >= 0.3 is 0 Å². The molecule has 1 rings (SSSR count). The second-order valence-electron chi connectivity index (χ2n) is 3.31. The smallest absolute Gasteiger partial charge is 0.167 e. The summed E-state index contributed by atoms with van der Waals surface area (Å²) in [5, 5.41) is 0. The molecule has 84 valence electrons. The van der Waals surface area contributed by atoms with E-state index in [4.69, 9.17) is 0 Å². The molecule has 0 aliphatic heterocycles. The highest BCUT2D eigenvalue weighted by atomic mass is 19.2. The van der Waals surface area contributed by atoms with Gasteiger partial charge in [-0.1, -0.05) is 6.92 Å². The highest BCUT2D eigenvalue weighted by molar-refractivity contribution is 5.35. The summed E-state index contributed by atoms with van der Waals surface area (Å²) in [6.45, 7) is 2.80. The second-order valence-corrected chi connectivity index (χ2v) is 3.31. The van der Waals surface area contributed by atoms with Gasteiger partial charge in [0.15, 0.2) is 11.6 Å². The Kier molecular flexibility index (Phi) is 3.74. The molecule has 1 nitrogen and oxygen atoms in total. The zero-order chi connectivity index (χ0) is 11.6. The highest BCUT2D eigenvalue weighted by Crippen LogP contribution is 2.25. The summed E-state index contributed by atoms with van der Waals surface area (Å²) in [7, 11) is 1.31. The Hall–Kier alpha value is -1.03. The van der Waals surface area contributed by atoms with Crippen molar-refractivity contribution >= 4 is 0 Å². The van der Waals surface area contributed by atoms with E-state index in [-0.39, 0.29) is 23.3 Å². The first kappa shape index (κ1) is 12.0. The van der Waals surface area contributed by atoms with E-state index in [1.165, 1.54) is 14.0 Å². The molecule has 0 heterocycles. The van der Waals surface area contributed by atoms with Gasteiger partial charge in [0.2, 0.25) is 0 Å². The molecule has 0 spiro atoms. The van der Waals surface area contributed by atoms with Gasteiger partial charge in [0, 0.05) is 7.11 Å². The maximum Gasteiger partial charge on any atom is 0.167 e. The first-order chi connectivity index (χ1) is 7.04. The van der Waals surface area contributed by atoms with Gasteiger partial charge in [-0.2, -0.15) is 0 Å². The molecule has 0 aromatic heterocycles. The summed E-state index contributed by atoms with van der Waals surface area (Å²) in [6, 6.07) is 0. The van der Waals surface area contributed by atoms with Crippen LogP contribution in [0.2, 0.25) is 0 Å². The lowest BCUT2D eigenvalue weighted by Crippen LogP contribution is -2.08. The maximum absolute atomic E-state index is 13.7. The lowest BCUT2D eigenvalue weighted by atomic mass is 10.0. The molecule has 0 aliphatic rings. The molecule has 1 aromatic rings. The first-order valence-corrected chi connectivity index (χ1v) is 4.68. The van der Waals surface area contributed by atoms with Crippen molar-refractivity contribution in [3.8, 4) is 0 Å². The minimum absolute atomic E-state index is 0.0346. The quantitative estimate of drug-likeness (QED) is 0.708. The Morgan fingerprint density at radius 3 is 2.07 bits per heavy atom. The van der Waals surface area contributed by atoms with Gasteiger partial charge in [0.25, 0.3) is 0 Å². The molecule has 0 radical (unpaired) electrons. The fourth-order valence-corrected chi connectivity index (χ4v) is 1.56. The lowest BCUT2D eigenvalue weighted by Gasteiger charge is -2.12. The van der Waals surface area contributed by atoms with Crippen LogP contribution in [0.5, 0.6) is 0 Å². The average Bonchev–Trinajstić information content (AvgIpc) is 2.22. The van der Waals surface area contributed by atoms with Crippen molar-refractivity contribution in [3.05, 3.63) is 34.1 Å². The summed E-state index contributed by atoms with van der Waals surface area (Å²) in [5.41, 5.74) is -0.0919. The predicted molar refractivity (Wildman–Crippen MR) is 51.1 cm³/mol. The summed E-state index contributed by atoms with van der Waals surface area (Å²) < 4.78 is 45.0. The highest BCUT2D eigenvalue weighted by Gasteiger charge is 2.21. The largest absolute Gasteiger partial charge is 0.380 e. The van der Waals surface area contributed by atoms with Crippen LogP contribution in [-0.4, -0.2) is 7.11 Å². The summed E-state index contributed by atoms with van der Waals surface area (Å²) in [4.78, 5) is 0. The Morgan fingerprint density at radius 1 is 1.00 bits per heavy atom. The van der Waals surface area contributed by atoms with E-state index >= 15 is 0 Å². The molecule has 0 N–H and O–H groups in total. The Balaban J connectivity index is 3.45. The molecular weight excluding hydrogens is 205 g/mol. The van der Waals surface area contributed by atoms with Crippen molar-refractivity contribution < 1.29 is 17.9 Å². The van der Waals surface area contributed by atoms with Gasteiger partial charge in [0.05, 0.1) is 12.2 Å². The molecule has 1 aromatic carbocycles. The molecule has 0 fully saturated rings. The van der Waals surface area contributed by atoms with E-state index in [2.05, 4.69) is 4.74 Å². The van der Waals surface area contributed by atoms with Crippen LogP contribution in [0.3, 0.4) is 0 Å². The van der Waals surface area contributed by atoms with Gasteiger partial charge in [-0.05, 0) is 24.5 Å². The van der Waals surface area contributed by atoms with Crippen LogP contribution in [0, 0.1) is 24.4 Å². The normalized spacial score (nSPS) is 10.8. The molecule has 0 saturated carbocycles. The van der Waals surface area contributed by atoms with E-state index in [1.807, 2.05) is 0 Å². The minimum Gasteiger partial charge on any atom is -0.380 e. The van der Waals surface area contributed by atoms with Gasteiger partial charge in [-0.25, -0.2) is 13.2 Å². The van der Waals surface area contributed by atoms with Crippen molar-refractivity contribution in [2.24, 2.45) is 0 Å². The van der Waals surface area contributed by atoms with Gasteiger partial charge in [0.1, 0.15) is 5.82 Å². The molecule has 4 heteroatoms. The maximum atomic E-state index is 13.7. The molecule has 0 bridgehead atoms. The molecule has 0 aliphatic carbocycles. The zero-order valence-corrected chi connectivity index (χ0v) is 8.96. The van der Waals surface area contributed by atoms with Crippen LogP contribution in [-0.2, 0) is 17.8 Å². The van der Waals surface area contributed by atoms with Crippen LogP contribution >= 0.6 is 0 Å². The second kappa shape index (κ2) is 4.66. The number of halogens is 3. The topological polar surface area (TPSA) is 9.23 Å². The van der Waals surface area contributed by atoms with Crippen LogP contribution in [0.1, 0.15) is 23.6 Å². The van der Waals surface area contributed by atoms with E-state index in [0.717, 1.165) is 0 Å². The Labute approximate surface area is 86.9 Å². The van der Waals surface area contributed by atoms with Gasteiger partial charge < -0.3 is 4.74 Å². The fraction of sp³-hybridized carbons (Fsp3) is 0.455. The number of benzene rings is 1. The van der Waals surface area contributed by atoms with E-state index in [0.29, 0.717) is 6.42 Å². The van der Waals surface area contributed by atoms with Crippen LogP contribution < -0.4 is 0 Å². The van der Waals surface area contributed by atoms with E-state index in [9.17, 15) is 13.2 Å². The molecule has 0 unspecified atom stereocenters. The molecule has 0 atom stereocenters. The summed E-state index contributed by atoms with van der Waals surface area (Å²) >= 11 is 0. The SMILES string of the molecule is CCc1c(C)c(F)c(F)c(COC)c1F. The van der Waals surface area contributed by atoms with Gasteiger partial charge in [-0.3, -0.25) is 0 Å². The average molecular weight is 218 g/mol. The number of hydrogen-bond acceptors (Lipinski definition) is 1. The zero-order valence-electron chi connectivity index (χ0n) is 8.96. The first-order valence-electron chi connectivity index (χ1n) is 4.68. The third-order valence-electron chi connectivity index (χ3n) is 2.41. The lowest BCUT2D eigenvalue weighted by molar-refractivity contribution is 0.176. The summed E-state index contributed by atoms with van der Waals surface area (Å²) in [6.07, 6.45) is 0.325. The number of ether oxygens (including phenoxy) is 1. The molecule has 0 saturated heterocycles. The van der Waals surface area contributed by atoms with Gasteiger partial charge in [-0.15, -0.1) is 0 Å². The van der Waals surface area contributed by atoms with Crippen molar-refractivity contribution in [2.75, 3.05) is 7.11 Å². The Bertz CT molecular complexity index is 375.